The van der Waals surface area contributed by atoms with E-state index < -0.39 is 5.66 Å². The van der Waals surface area contributed by atoms with E-state index in [1.807, 2.05) is 6.07 Å². The normalized spacial score (nSPS) is 16.9. The predicted octanol–water partition coefficient (Wildman–Crippen LogP) is 7.87. The zero-order chi connectivity index (χ0) is 28.6. The summed E-state index contributed by atoms with van der Waals surface area (Å²) in [5.41, 5.74) is 13.7. The quantitative estimate of drug-likeness (QED) is 0.200. The van der Waals surface area contributed by atoms with Crippen molar-refractivity contribution in [2.45, 2.75) is 5.66 Å². The van der Waals surface area contributed by atoms with Gasteiger partial charge in [0.2, 0.25) is 11.9 Å². The third-order valence-electron chi connectivity index (χ3n) is 9.79. The van der Waals surface area contributed by atoms with E-state index in [2.05, 4.69) is 159 Å². The van der Waals surface area contributed by atoms with Gasteiger partial charge in [-0.15, -0.1) is 9.25 Å². The summed E-state index contributed by atoms with van der Waals surface area (Å²) in [6.07, 6.45) is 6.85. The fourth-order valence-corrected chi connectivity index (χ4v) is 8.07. The first-order valence-corrected chi connectivity index (χ1v) is 15.0. The maximum absolute atomic E-state index is 6.61. The molecule has 0 saturated heterocycles. The van der Waals surface area contributed by atoms with Crippen LogP contribution in [0.3, 0.4) is 0 Å². The molecule has 11 rings (SSSR count). The van der Waals surface area contributed by atoms with Crippen molar-refractivity contribution >= 4 is 17.1 Å². The molecule has 1 spiro atoms. The standard InChI is InChI=1S/C39H24N4O/c1-2-9-25(10-3-1)26-16-18-27(19-17-26)28-23-41-32-20-21-35-38-37(32)39(42(41)24-28)36-29(30-12-6-7-22-40(30)39)11-8-14-33(36)43(38)31-13-4-5-15-34(31)44-35/h1-24H/q+2. The van der Waals surface area contributed by atoms with Crippen molar-refractivity contribution in [2.75, 3.05) is 4.90 Å². The highest BCUT2D eigenvalue weighted by Crippen LogP contribution is 2.63. The molecule has 4 aliphatic rings. The molecule has 0 N–H and O–H groups in total. The minimum atomic E-state index is -0.600. The molecule has 204 valence electrons. The van der Waals surface area contributed by atoms with Crippen LogP contribution in [0.2, 0.25) is 0 Å². The van der Waals surface area contributed by atoms with Gasteiger partial charge in [-0.2, -0.15) is 0 Å². The van der Waals surface area contributed by atoms with Gasteiger partial charge in [0.15, 0.2) is 23.3 Å². The van der Waals surface area contributed by atoms with Gasteiger partial charge >= 0.3 is 5.66 Å². The molecule has 1 atom stereocenters. The molecule has 2 aromatic heterocycles. The maximum atomic E-state index is 6.61. The summed E-state index contributed by atoms with van der Waals surface area (Å²) in [4.78, 5) is 2.42. The molecule has 0 saturated carbocycles. The summed E-state index contributed by atoms with van der Waals surface area (Å²) < 4.78 is 13.9. The molecule has 4 aliphatic heterocycles. The second-order valence-electron chi connectivity index (χ2n) is 11.9. The molecule has 0 bridgehead atoms. The van der Waals surface area contributed by atoms with Gasteiger partial charge in [0.05, 0.1) is 28.7 Å². The number of pyridine rings is 1. The summed E-state index contributed by atoms with van der Waals surface area (Å²) in [5, 5.41) is 0. The Morgan fingerprint density at radius 3 is 2.18 bits per heavy atom. The highest BCUT2D eigenvalue weighted by Gasteiger charge is 2.72. The van der Waals surface area contributed by atoms with Gasteiger partial charge < -0.3 is 9.64 Å². The van der Waals surface area contributed by atoms with E-state index >= 15 is 0 Å². The van der Waals surface area contributed by atoms with Crippen LogP contribution in [0, 0.1) is 0 Å². The number of nitrogens with zero attached hydrogens (tertiary/aromatic N) is 4. The third-order valence-corrected chi connectivity index (χ3v) is 9.79. The molecule has 1 unspecified atom stereocenters. The Morgan fingerprint density at radius 1 is 0.545 bits per heavy atom. The molecule has 7 aromatic rings. The molecular weight excluding hydrogens is 540 g/mol. The lowest BCUT2D eigenvalue weighted by atomic mass is 9.82. The minimum Gasteiger partial charge on any atom is -0.453 e. The molecule has 44 heavy (non-hydrogen) atoms. The van der Waals surface area contributed by atoms with Gasteiger partial charge in [-0.1, -0.05) is 72.8 Å². The SMILES string of the molecule is c1ccc(-c2ccc(-c3cn4[n+](c3)C35c6c(cccc6N6c7ccccc7Oc7ccc-4c3c76)-c3cccc[n+]35)cc2)cc1. The van der Waals surface area contributed by atoms with Crippen LogP contribution in [0.4, 0.5) is 17.1 Å². The zero-order valence-corrected chi connectivity index (χ0v) is 23.6. The number of para-hydroxylation sites is 2. The highest BCUT2D eigenvalue weighted by molar-refractivity contribution is 5.97. The number of hydrogen-bond acceptors (Lipinski definition) is 2. The second kappa shape index (κ2) is 7.71. The molecule has 0 fully saturated rings. The van der Waals surface area contributed by atoms with E-state index in [0.29, 0.717) is 0 Å². The first kappa shape index (κ1) is 22.6. The third kappa shape index (κ3) is 2.50. The van der Waals surface area contributed by atoms with E-state index in [4.69, 9.17) is 4.74 Å². The number of rotatable bonds is 2. The van der Waals surface area contributed by atoms with Crippen molar-refractivity contribution in [1.29, 1.82) is 0 Å². The van der Waals surface area contributed by atoms with Gasteiger partial charge in [-0.3, -0.25) is 0 Å². The van der Waals surface area contributed by atoms with Crippen LogP contribution in [-0.2, 0) is 5.66 Å². The van der Waals surface area contributed by atoms with E-state index in [1.54, 1.807) is 0 Å². The Balaban J connectivity index is 1.21. The Kier molecular flexibility index (Phi) is 3.97. The Morgan fingerprint density at radius 2 is 1.30 bits per heavy atom. The van der Waals surface area contributed by atoms with Gasteiger partial charge in [-0.05, 0) is 63.8 Å². The van der Waals surface area contributed by atoms with Crippen molar-refractivity contribution in [3.05, 3.63) is 157 Å². The Bertz CT molecular complexity index is 2370. The van der Waals surface area contributed by atoms with Crippen molar-refractivity contribution in [3.8, 4) is 50.7 Å². The fourth-order valence-electron chi connectivity index (χ4n) is 8.07. The lowest BCUT2D eigenvalue weighted by molar-refractivity contribution is -0.987. The first-order valence-electron chi connectivity index (χ1n) is 15.0. The van der Waals surface area contributed by atoms with Gasteiger partial charge in [0.25, 0.3) is 0 Å². The fraction of sp³-hybridized carbons (Fsp3) is 0.0256. The van der Waals surface area contributed by atoms with Crippen molar-refractivity contribution < 1.29 is 14.0 Å². The van der Waals surface area contributed by atoms with Crippen LogP contribution in [0.15, 0.2) is 146 Å². The monoisotopic (exact) mass is 564 g/mol. The van der Waals surface area contributed by atoms with Gasteiger partial charge in [0.1, 0.15) is 16.9 Å². The molecule has 5 heteroatoms. The molecular formula is C39H24N4O+2. The number of fused-ring (bicyclic) bond motifs is 7. The molecule has 0 aliphatic carbocycles. The molecule has 0 radical (unpaired) electrons. The number of anilines is 3. The summed E-state index contributed by atoms with van der Waals surface area (Å²) in [7, 11) is 0. The largest absolute Gasteiger partial charge is 0.453 e. The lowest BCUT2D eigenvalue weighted by Gasteiger charge is -2.38. The molecule has 5 nitrogen and oxygen atoms in total. The topological polar surface area (TPSA) is 25.2 Å². The van der Waals surface area contributed by atoms with Gasteiger partial charge in [-0.25, -0.2) is 0 Å². The molecule has 5 aromatic carbocycles. The van der Waals surface area contributed by atoms with Crippen LogP contribution in [0.1, 0.15) is 11.1 Å². The average Bonchev–Trinajstić information content (AvgIpc) is 3.74. The summed E-state index contributed by atoms with van der Waals surface area (Å²) in [5.74, 6) is 1.76. The summed E-state index contributed by atoms with van der Waals surface area (Å²) in [6.45, 7) is 0. The first-order chi connectivity index (χ1) is 21.8. The number of benzene rings is 5. The van der Waals surface area contributed by atoms with Crippen LogP contribution in [0.5, 0.6) is 11.5 Å². The second-order valence-corrected chi connectivity index (χ2v) is 11.9. The van der Waals surface area contributed by atoms with E-state index in [1.165, 1.54) is 50.3 Å². The van der Waals surface area contributed by atoms with E-state index in [0.717, 1.165) is 28.6 Å². The van der Waals surface area contributed by atoms with Crippen LogP contribution in [0.25, 0.3) is 39.2 Å². The van der Waals surface area contributed by atoms with Crippen molar-refractivity contribution in [3.63, 3.8) is 0 Å². The Labute approximate surface area is 253 Å². The van der Waals surface area contributed by atoms with Crippen molar-refractivity contribution in [1.82, 2.24) is 4.68 Å². The number of aromatic nitrogens is 3. The van der Waals surface area contributed by atoms with Crippen LogP contribution >= 0.6 is 0 Å². The zero-order valence-electron chi connectivity index (χ0n) is 23.6. The average molecular weight is 565 g/mol. The Hall–Kier alpha value is -5.94. The summed E-state index contributed by atoms with van der Waals surface area (Å²) >= 11 is 0. The van der Waals surface area contributed by atoms with Crippen LogP contribution < -0.4 is 18.9 Å². The summed E-state index contributed by atoms with van der Waals surface area (Å²) in [6, 6.07) is 45.5. The van der Waals surface area contributed by atoms with Crippen LogP contribution in [-0.4, -0.2) is 4.68 Å². The molecule has 6 heterocycles. The number of hydrogen-bond donors (Lipinski definition) is 0. The highest BCUT2D eigenvalue weighted by atomic mass is 16.5. The smallest absolute Gasteiger partial charge is 0.444 e. The van der Waals surface area contributed by atoms with E-state index in [9.17, 15) is 0 Å². The van der Waals surface area contributed by atoms with Crippen molar-refractivity contribution in [2.24, 2.45) is 0 Å². The number of ether oxygens (including phenoxy) is 1. The molecule has 0 amide bonds. The van der Waals surface area contributed by atoms with Gasteiger partial charge in [0, 0.05) is 12.1 Å². The minimum absolute atomic E-state index is 0.600. The maximum Gasteiger partial charge on any atom is 0.444 e. The predicted molar refractivity (Wildman–Crippen MR) is 169 cm³/mol. The lowest BCUT2D eigenvalue weighted by Crippen LogP contribution is -2.73. The van der Waals surface area contributed by atoms with E-state index in [-0.39, 0.29) is 0 Å².